The molecule has 0 fully saturated rings. The third kappa shape index (κ3) is 3.62. The first kappa shape index (κ1) is 15.7. The molecule has 0 spiro atoms. The number of nitrogens with zero attached hydrogens (tertiary/aromatic N) is 3. The molecule has 1 aromatic heterocycles. The van der Waals surface area contributed by atoms with Gasteiger partial charge in [-0.15, -0.1) is 0 Å². The van der Waals surface area contributed by atoms with Crippen LogP contribution in [0.3, 0.4) is 0 Å². The number of carbonyl (C=O) groups is 1. The van der Waals surface area contributed by atoms with Crippen LogP contribution in [-0.4, -0.2) is 40.3 Å². The Morgan fingerprint density at radius 1 is 1.30 bits per heavy atom. The van der Waals surface area contributed by atoms with E-state index in [1.165, 1.54) is 11.1 Å². The average Bonchev–Trinajstić information content (AvgIpc) is 2.91. The maximum Gasteiger partial charge on any atom is 0.223 e. The molecule has 5 nitrogen and oxygen atoms in total. The van der Waals surface area contributed by atoms with Gasteiger partial charge < -0.3 is 9.64 Å². The van der Waals surface area contributed by atoms with Gasteiger partial charge in [0.1, 0.15) is 0 Å². The minimum atomic E-state index is -0.0152. The van der Waals surface area contributed by atoms with Gasteiger partial charge in [0.2, 0.25) is 5.91 Å². The second-order valence-corrected chi connectivity index (χ2v) is 6.06. The molecule has 5 heteroatoms. The Morgan fingerprint density at radius 3 is 2.91 bits per heavy atom. The number of aromatic nitrogens is 2. The van der Waals surface area contributed by atoms with Crippen LogP contribution >= 0.6 is 0 Å². The van der Waals surface area contributed by atoms with Gasteiger partial charge in [0, 0.05) is 26.3 Å². The number of benzene rings is 1. The summed E-state index contributed by atoms with van der Waals surface area (Å²) >= 11 is 0. The summed E-state index contributed by atoms with van der Waals surface area (Å²) in [5, 5.41) is 4.31. The number of carbonyl (C=O) groups excluding carboxylic acids is 1. The Bertz CT molecular complexity index is 680. The van der Waals surface area contributed by atoms with E-state index in [0.717, 1.165) is 12.1 Å². The molecule has 0 bridgehead atoms. The molecule has 1 aromatic carbocycles. The lowest BCUT2D eigenvalue weighted by Crippen LogP contribution is -2.37. The summed E-state index contributed by atoms with van der Waals surface area (Å²) in [7, 11) is 1.69. The third-order valence-electron chi connectivity index (χ3n) is 4.51. The highest BCUT2D eigenvalue weighted by atomic mass is 16.5. The lowest BCUT2D eigenvalue weighted by molar-refractivity contribution is -0.133. The van der Waals surface area contributed by atoms with Gasteiger partial charge in [0.15, 0.2) is 0 Å². The molecule has 0 aliphatic carbocycles. The quantitative estimate of drug-likeness (QED) is 0.869. The van der Waals surface area contributed by atoms with Crippen LogP contribution in [0, 0.1) is 6.92 Å². The molecule has 2 heterocycles. The zero-order chi connectivity index (χ0) is 16.2. The normalized spacial score (nSPS) is 17.7. The molecule has 0 saturated carbocycles. The third-order valence-corrected chi connectivity index (χ3v) is 4.51. The molecule has 1 unspecified atom stereocenters. The Balaban J connectivity index is 1.68. The zero-order valence-electron chi connectivity index (χ0n) is 13.7. The molecule has 2 aromatic rings. The molecular formula is C18H23N3O2. The maximum atomic E-state index is 12.7. The molecule has 0 N–H and O–H groups in total. The predicted molar refractivity (Wildman–Crippen MR) is 87.9 cm³/mol. The summed E-state index contributed by atoms with van der Waals surface area (Å²) in [5.74, 6) is 0.171. The van der Waals surface area contributed by atoms with E-state index < -0.39 is 0 Å². The molecule has 122 valence electrons. The number of amides is 1. The topological polar surface area (TPSA) is 47.4 Å². The smallest absolute Gasteiger partial charge is 0.223 e. The summed E-state index contributed by atoms with van der Waals surface area (Å²) in [6.45, 7) is 4.00. The highest BCUT2D eigenvalue weighted by Crippen LogP contribution is 2.16. The number of methoxy groups -OCH3 is 1. The van der Waals surface area contributed by atoms with Crippen molar-refractivity contribution >= 4 is 5.91 Å². The van der Waals surface area contributed by atoms with E-state index in [9.17, 15) is 4.79 Å². The molecule has 1 aliphatic rings. The number of aryl methyl sites for hydroxylation is 2. The number of hydrogen-bond donors (Lipinski definition) is 0. The van der Waals surface area contributed by atoms with Crippen LogP contribution in [0.25, 0.3) is 0 Å². The zero-order valence-corrected chi connectivity index (χ0v) is 13.7. The fourth-order valence-corrected chi connectivity index (χ4v) is 3.04. The molecule has 1 amide bonds. The van der Waals surface area contributed by atoms with Crippen molar-refractivity contribution < 1.29 is 9.53 Å². The van der Waals surface area contributed by atoms with Crippen LogP contribution in [0.15, 0.2) is 36.5 Å². The molecule has 3 rings (SSSR count). The summed E-state index contributed by atoms with van der Waals surface area (Å²) in [6, 6.07) is 10.2. The minimum Gasteiger partial charge on any atom is -0.378 e. The summed E-state index contributed by atoms with van der Waals surface area (Å²) in [4.78, 5) is 14.6. The highest BCUT2D eigenvalue weighted by molar-refractivity contribution is 5.76. The van der Waals surface area contributed by atoms with E-state index in [1.807, 2.05) is 27.8 Å². The fraction of sp³-hybridized carbons (Fsp3) is 0.444. The molecule has 0 saturated heterocycles. The lowest BCUT2D eigenvalue weighted by atomic mass is 10.0. The van der Waals surface area contributed by atoms with E-state index in [0.29, 0.717) is 26.1 Å². The van der Waals surface area contributed by atoms with Crippen LogP contribution in [0.2, 0.25) is 0 Å². The van der Waals surface area contributed by atoms with Gasteiger partial charge in [-0.25, -0.2) is 0 Å². The number of hydrogen-bond acceptors (Lipinski definition) is 3. The van der Waals surface area contributed by atoms with Crippen LogP contribution < -0.4 is 0 Å². The lowest BCUT2D eigenvalue weighted by Gasteiger charge is -2.23. The number of fused-ring (bicyclic) bond motifs is 1. The van der Waals surface area contributed by atoms with Crippen molar-refractivity contribution in [3.05, 3.63) is 53.3 Å². The average molecular weight is 313 g/mol. The molecule has 0 radical (unpaired) electrons. The molecule has 1 atom stereocenters. The minimum absolute atomic E-state index is 0.0152. The first-order valence-corrected chi connectivity index (χ1v) is 8.03. The van der Waals surface area contributed by atoms with E-state index in [1.54, 1.807) is 13.3 Å². The Hall–Kier alpha value is -2.14. The Morgan fingerprint density at radius 2 is 2.13 bits per heavy atom. The van der Waals surface area contributed by atoms with E-state index in [4.69, 9.17) is 4.74 Å². The van der Waals surface area contributed by atoms with Gasteiger partial charge in [-0.3, -0.25) is 9.48 Å². The van der Waals surface area contributed by atoms with Crippen LogP contribution in [0.1, 0.15) is 23.2 Å². The number of rotatable bonds is 4. The van der Waals surface area contributed by atoms with Crippen molar-refractivity contribution in [2.45, 2.75) is 39.0 Å². The standard InChI is InChI=1S/C18H23N3O2/c1-14-5-3-4-6-15(14)7-8-18(22)20-11-16-9-10-19-21(16)13-17(12-20)23-2/h3-6,9-10,17H,7-8,11-13H2,1-2H3. The van der Waals surface area contributed by atoms with Gasteiger partial charge in [-0.1, -0.05) is 24.3 Å². The predicted octanol–water partition coefficient (Wildman–Crippen LogP) is 2.18. The van der Waals surface area contributed by atoms with Crippen LogP contribution in [-0.2, 0) is 29.0 Å². The second kappa shape index (κ2) is 6.96. The van der Waals surface area contributed by atoms with Crippen molar-refractivity contribution in [1.29, 1.82) is 0 Å². The SMILES string of the molecule is COC1CN(C(=O)CCc2ccccc2C)Cc2ccnn2C1. The van der Waals surface area contributed by atoms with Gasteiger partial charge in [0.25, 0.3) is 0 Å². The fourth-order valence-electron chi connectivity index (χ4n) is 3.04. The van der Waals surface area contributed by atoms with Crippen molar-refractivity contribution in [3.8, 4) is 0 Å². The van der Waals surface area contributed by atoms with Crippen LogP contribution in [0.5, 0.6) is 0 Å². The van der Waals surface area contributed by atoms with E-state index in [2.05, 4.69) is 24.2 Å². The van der Waals surface area contributed by atoms with Crippen LogP contribution in [0.4, 0.5) is 0 Å². The van der Waals surface area contributed by atoms with Gasteiger partial charge in [-0.05, 0) is 30.5 Å². The Kier molecular flexibility index (Phi) is 4.76. The highest BCUT2D eigenvalue weighted by Gasteiger charge is 2.25. The second-order valence-electron chi connectivity index (χ2n) is 6.06. The maximum absolute atomic E-state index is 12.7. The van der Waals surface area contributed by atoms with E-state index >= 15 is 0 Å². The number of ether oxygens (including phenoxy) is 1. The first-order chi connectivity index (χ1) is 11.2. The monoisotopic (exact) mass is 313 g/mol. The Labute approximate surface area is 136 Å². The first-order valence-electron chi connectivity index (χ1n) is 8.03. The van der Waals surface area contributed by atoms with Crippen molar-refractivity contribution in [1.82, 2.24) is 14.7 Å². The van der Waals surface area contributed by atoms with Gasteiger partial charge in [-0.2, -0.15) is 5.10 Å². The van der Waals surface area contributed by atoms with Gasteiger partial charge >= 0.3 is 0 Å². The summed E-state index contributed by atoms with van der Waals surface area (Å²) in [6.07, 6.45) is 3.07. The largest absolute Gasteiger partial charge is 0.378 e. The summed E-state index contributed by atoms with van der Waals surface area (Å²) < 4.78 is 7.44. The van der Waals surface area contributed by atoms with E-state index in [-0.39, 0.29) is 12.0 Å². The van der Waals surface area contributed by atoms with Gasteiger partial charge in [0.05, 0.1) is 24.9 Å². The molecular weight excluding hydrogens is 290 g/mol. The summed E-state index contributed by atoms with van der Waals surface area (Å²) in [5.41, 5.74) is 3.54. The van der Waals surface area contributed by atoms with Crippen molar-refractivity contribution in [2.75, 3.05) is 13.7 Å². The molecule has 23 heavy (non-hydrogen) atoms. The molecule has 1 aliphatic heterocycles. The van der Waals surface area contributed by atoms with Crippen molar-refractivity contribution in [2.24, 2.45) is 0 Å². The van der Waals surface area contributed by atoms with Crippen molar-refractivity contribution in [3.63, 3.8) is 0 Å².